The van der Waals surface area contributed by atoms with Crippen molar-refractivity contribution in [3.05, 3.63) is 68.8 Å². The van der Waals surface area contributed by atoms with E-state index >= 15 is 0 Å². The van der Waals surface area contributed by atoms with E-state index in [0.717, 1.165) is 22.0 Å². The first-order valence-corrected chi connectivity index (χ1v) is 9.66. The Balaban J connectivity index is 1.70. The van der Waals surface area contributed by atoms with E-state index in [2.05, 4.69) is 21.2 Å². The number of rotatable bonds is 6. The number of halogens is 2. The Hall–Kier alpha value is -2.31. The Morgan fingerprint density at radius 3 is 2.59 bits per heavy atom. The molecule has 1 aliphatic rings. The Bertz CT molecular complexity index is 897. The molecule has 1 heterocycles. The maximum Gasteiger partial charge on any atom is 0.329 e. The van der Waals surface area contributed by atoms with Crippen molar-refractivity contribution in [3.8, 4) is 5.75 Å². The molecular formula is C20H18BrClN2O3. The van der Waals surface area contributed by atoms with Crippen molar-refractivity contribution in [3.63, 3.8) is 0 Å². The molecular weight excluding hydrogens is 432 g/mol. The van der Waals surface area contributed by atoms with Crippen molar-refractivity contribution in [2.75, 3.05) is 6.54 Å². The molecule has 1 aliphatic heterocycles. The molecule has 0 unspecified atom stereocenters. The van der Waals surface area contributed by atoms with E-state index in [1.165, 1.54) is 4.90 Å². The molecule has 1 fully saturated rings. The second-order valence-electron chi connectivity index (χ2n) is 6.05. The van der Waals surface area contributed by atoms with Crippen molar-refractivity contribution >= 4 is 45.5 Å². The minimum atomic E-state index is -0.380. The lowest BCUT2D eigenvalue weighted by atomic mass is 10.2. The van der Waals surface area contributed by atoms with E-state index in [9.17, 15) is 9.59 Å². The molecule has 3 rings (SSSR count). The van der Waals surface area contributed by atoms with Crippen LogP contribution in [0.2, 0.25) is 5.02 Å². The predicted octanol–water partition coefficient (Wildman–Crippen LogP) is 4.98. The molecule has 0 aliphatic carbocycles. The maximum absolute atomic E-state index is 12.3. The van der Waals surface area contributed by atoms with Crippen LogP contribution in [0.25, 0.3) is 6.08 Å². The third kappa shape index (κ3) is 4.70. The molecule has 5 nitrogen and oxygen atoms in total. The smallest absolute Gasteiger partial charge is 0.329 e. The van der Waals surface area contributed by atoms with E-state index < -0.39 is 0 Å². The van der Waals surface area contributed by atoms with E-state index in [4.69, 9.17) is 16.3 Å². The monoisotopic (exact) mass is 448 g/mol. The molecule has 0 radical (unpaired) electrons. The summed E-state index contributed by atoms with van der Waals surface area (Å²) in [5.41, 5.74) is 2.06. The summed E-state index contributed by atoms with van der Waals surface area (Å²) >= 11 is 9.37. The second kappa shape index (κ2) is 8.59. The zero-order valence-electron chi connectivity index (χ0n) is 14.7. The minimum absolute atomic E-state index is 0.273. The average Bonchev–Trinajstić information content (AvgIpc) is 2.90. The summed E-state index contributed by atoms with van der Waals surface area (Å²) in [6.07, 6.45) is 2.38. The van der Waals surface area contributed by atoms with Gasteiger partial charge in [-0.1, -0.05) is 36.7 Å². The first-order valence-electron chi connectivity index (χ1n) is 8.49. The summed E-state index contributed by atoms with van der Waals surface area (Å²) < 4.78 is 6.58. The third-order valence-corrected chi connectivity index (χ3v) is 4.86. The molecule has 0 spiro atoms. The number of urea groups is 1. The van der Waals surface area contributed by atoms with Crippen LogP contribution in [0.4, 0.5) is 4.79 Å². The van der Waals surface area contributed by atoms with Crippen LogP contribution in [0, 0.1) is 0 Å². The van der Waals surface area contributed by atoms with Gasteiger partial charge in [-0.3, -0.25) is 9.69 Å². The van der Waals surface area contributed by atoms with Gasteiger partial charge in [0.25, 0.3) is 5.91 Å². The van der Waals surface area contributed by atoms with E-state index in [-0.39, 0.29) is 17.6 Å². The lowest BCUT2D eigenvalue weighted by Crippen LogP contribution is -2.31. The van der Waals surface area contributed by atoms with Gasteiger partial charge in [0.2, 0.25) is 0 Å². The van der Waals surface area contributed by atoms with Crippen LogP contribution in [-0.2, 0) is 11.4 Å². The fourth-order valence-electron chi connectivity index (χ4n) is 2.63. The topological polar surface area (TPSA) is 58.6 Å². The Morgan fingerprint density at radius 2 is 1.93 bits per heavy atom. The quantitative estimate of drug-likeness (QED) is 0.499. The normalized spacial score (nSPS) is 15.4. The summed E-state index contributed by atoms with van der Waals surface area (Å²) in [4.78, 5) is 25.3. The number of nitrogens with zero attached hydrogens (tertiary/aromatic N) is 1. The molecule has 7 heteroatoms. The van der Waals surface area contributed by atoms with Gasteiger partial charge in [0, 0.05) is 11.6 Å². The van der Waals surface area contributed by atoms with Crippen LogP contribution in [-0.4, -0.2) is 23.4 Å². The Labute approximate surface area is 171 Å². The molecule has 0 bridgehead atoms. The number of benzene rings is 2. The average molecular weight is 450 g/mol. The van der Waals surface area contributed by atoms with Gasteiger partial charge in [0.1, 0.15) is 18.1 Å². The maximum atomic E-state index is 12.3. The highest BCUT2D eigenvalue weighted by molar-refractivity contribution is 9.10. The number of hydrogen-bond acceptors (Lipinski definition) is 3. The highest BCUT2D eigenvalue weighted by atomic mass is 79.9. The first kappa shape index (κ1) is 19.5. The number of imide groups is 1. The fourth-order valence-corrected chi connectivity index (χ4v) is 3.27. The molecule has 2 aromatic carbocycles. The van der Waals surface area contributed by atoms with Gasteiger partial charge in [-0.25, -0.2) is 4.79 Å². The molecule has 0 atom stereocenters. The largest absolute Gasteiger partial charge is 0.488 e. The van der Waals surface area contributed by atoms with Gasteiger partial charge in [-0.2, -0.15) is 0 Å². The van der Waals surface area contributed by atoms with Gasteiger partial charge in [-0.05, 0) is 63.8 Å². The number of nitrogens with one attached hydrogen (secondary N) is 1. The summed E-state index contributed by atoms with van der Waals surface area (Å²) in [7, 11) is 0. The Kier molecular flexibility index (Phi) is 6.19. The minimum Gasteiger partial charge on any atom is -0.488 e. The Morgan fingerprint density at radius 1 is 1.19 bits per heavy atom. The van der Waals surface area contributed by atoms with Crippen LogP contribution in [0.15, 0.2) is 52.6 Å². The van der Waals surface area contributed by atoms with E-state index in [1.807, 2.05) is 49.4 Å². The fraction of sp³-hybridized carbons (Fsp3) is 0.200. The van der Waals surface area contributed by atoms with Crippen LogP contribution >= 0.6 is 27.5 Å². The van der Waals surface area contributed by atoms with Crippen LogP contribution in [0.5, 0.6) is 5.75 Å². The molecule has 3 amide bonds. The third-order valence-electron chi connectivity index (χ3n) is 3.98. The van der Waals surface area contributed by atoms with E-state index in [1.54, 1.807) is 6.08 Å². The van der Waals surface area contributed by atoms with Crippen molar-refractivity contribution in [2.24, 2.45) is 0 Å². The summed E-state index contributed by atoms with van der Waals surface area (Å²) in [5, 5.41) is 3.30. The summed E-state index contributed by atoms with van der Waals surface area (Å²) in [6, 6.07) is 12.6. The zero-order valence-corrected chi connectivity index (χ0v) is 17.0. The van der Waals surface area contributed by atoms with Crippen LogP contribution in [0.1, 0.15) is 24.5 Å². The first-order chi connectivity index (χ1) is 13.0. The van der Waals surface area contributed by atoms with Gasteiger partial charge in [0.05, 0.1) is 4.47 Å². The van der Waals surface area contributed by atoms with Crippen LogP contribution in [0.3, 0.4) is 0 Å². The highest BCUT2D eigenvalue weighted by Gasteiger charge is 2.32. The van der Waals surface area contributed by atoms with Crippen molar-refractivity contribution in [1.29, 1.82) is 0 Å². The van der Waals surface area contributed by atoms with Gasteiger partial charge >= 0.3 is 6.03 Å². The number of ether oxygens (including phenoxy) is 1. The van der Waals surface area contributed by atoms with Gasteiger partial charge in [0.15, 0.2) is 0 Å². The summed E-state index contributed by atoms with van der Waals surface area (Å²) in [6.45, 7) is 2.74. The zero-order chi connectivity index (χ0) is 19.4. The van der Waals surface area contributed by atoms with Gasteiger partial charge < -0.3 is 10.1 Å². The number of amides is 3. The number of hydrogen-bond donors (Lipinski definition) is 1. The van der Waals surface area contributed by atoms with Gasteiger partial charge in [-0.15, -0.1) is 0 Å². The lowest BCUT2D eigenvalue weighted by molar-refractivity contribution is -0.122. The predicted molar refractivity (Wildman–Crippen MR) is 108 cm³/mol. The SMILES string of the molecule is CCCN1C(=O)N/C(=C/c2ccc(OCc3ccc(Cl)cc3)c(Br)c2)C1=O. The standard InChI is InChI=1S/C20H18BrClN2O3/c1-2-9-24-19(25)17(23-20(24)26)11-14-5-8-18(16(21)10-14)27-12-13-3-6-15(22)7-4-13/h3-8,10-11H,2,9,12H2,1H3,(H,23,26)/b17-11+. The molecule has 1 saturated heterocycles. The molecule has 2 aromatic rings. The molecule has 1 N–H and O–H groups in total. The summed E-state index contributed by atoms with van der Waals surface area (Å²) in [5.74, 6) is 0.377. The van der Waals surface area contributed by atoms with Crippen molar-refractivity contribution in [2.45, 2.75) is 20.0 Å². The van der Waals surface area contributed by atoms with Crippen molar-refractivity contribution < 1.29 is 14.3 Å². The lowest BCUT2D eigenvalue weighted by Gasteiger charge is -2.09. The number of carbonyl (C=O) groups is 2. The molecule has 0 aromatic heterocycles. The molecule has 0 saturated carbocycles. The van der Waals surface area contributed by atoms with Crippen LogP contribution < -0.4 is 10.1 Å². The molecule has 140 valence electrons. The molecule has 27 heavy (non-hydrogen) atoms. The second-order valence-corrected chi connectivity index (χ2v) is 7.34. The van der Waals surface area contributed by atoms with E-state index in [0.29, 0.717) is 23.9 Å². The highest BCUT2D eigenvalue weighted by Crippen LogP contribution is 2.28. The van der Waals surface area contributed by atoms with Crippen molar-refractivity contribution in [1.82, 2.24) is 10.2 Å². The number of carbonyl (C=O) groups excluding carboxylic acids is 2.